The van der Waals surface area contributed by atoms with Crippen LogP contribution in [0.1, 0.15) is 23.7 Å². The second-order valence-corrected chi connectivity index (χ2v) is 2.68. The minimum atomic E-state index is -0.710. The van der Waals surface area contributed by atoms with Crippen LogP contribution in [0.4, 0.5) is 4.39 Å². The summed E-state index contributed by atoms with van der Waals surface area (Å²) in [5.41, 5.74) is 5.71. The van der Waals surface area contributed by atoms with E-state index in [9.17, 15) is 4.39 Å². The Kier molecular flexibility index (Phi) is 3.11. The lowest BCUT2D eigenvalue weighted by atomic mass is 10.1. The van der Waals surface area contributed by atoms with Crippen LogP contribution < -0.4 is 5.73 Å². The number of rotatable bonds is 2. The lowest BCUT2D eigenvalue weighted by molar-refractivity contribution is 0.607. The quantitative estimate of drug-likeness (QED) is 0.753. The fraction of sp³-hybridized carbons (Fsp3) is 0.222. The minimum Gasteiger partial charge on any atom is -0.323 e. The molecule has 0 fully saturated rings. The van der Waals surface area contributed by atoms with Crippen molar-refractivity contribution in [2.75, 3.05) is 0 Å². The zero-order chi connectivity index (χ0) is 10.6. The summed E-state index contributed by atoms with van der Waals surface area (Å²) in [6, 6.07) is 4.05. The fourth-order valence-electron chi connectivity index (χ4n) is 0.954. The summed E-state index contributed by atoms with van der Waals surface area (Å²) in [6.07, 6.45) is 1.40. The lowest BCUT2D eigenvalue weighted by Gasteiger charge is -2.06. The number of nitrogens with zero attached hydrogens (tertiary/aromatic N) is 3. The summed E-state index contributed by atoms with van der Waals surface area (Å²) >= 11 is 0. The standard InChI is InChI=1S/C9H7FN4/c10-7-3-6(8(13)1-2-11)5-14-9(7)4-12/h3,5,8H,1,13H2/t8-/m1/s1. The molecule has 0 spiro atoms. The van der Waals surface area contributed by atoms with Crippen LogP contribution in [0.5, 0.6) is 0 Å². The molecule has 0 aliphatic rings. The van der Waals surface area contributed by atoms with Crippen molar-refractivity contribution in [1.29, 1.82) is 10.5 Å². The average molecular weight is 190 g/mol. The number of hydrogen-bond acceptors (Lipinski definition) is 4. The molecule has 1 atom stereocenters. The van der Waals surface area contributed by atoms with Gasteiger partial charge in [-0.25, -0.2) is 9.37 Å². The Morgan fingerprint density at radius 2 is 2.29 bits per heavy atom. The van der Waals surface area contributed by atoms with Crippen LogP contribution in [0.15, 0.2) is 12.3 Å². The Hall–Kier alpha value is -1.98. The molecule has 0 aliphatic carbocycles. The zero-order valence-electron chi connectivity index (χ0n) is 7.24. The van der Waals surface area contributed by atoms with Gasteiger partial charge in [0.15, 0.2) is 11.5 Å². The second kappa shape index (κ2) is 4.31. The van der Waals surface area contributed by atoms with Gasteiger partial charge in [-0.05, 0) is 11.6 Å². The van der Waals surface area contributed by atoms with Gasteiger partial charge >= 0.3 is 0 Å². The van der Waals surface area contributed by atoms with Gasteiger partial charge in [0.2, 0.25) is 0 Å². The predicted molar refractivity (Wildman–Crippen MR) is 46.1 cm³/mol. The third-order valence-corrected chi connectivity index (χ3v) is 1.71. The average Bonchev–Trinajstić information content (AvgIpc) is 2.18. The molecule has 0 radical (unpaired) electrons. The van der Waals surface area contributed by atoms with E-state index in [-0.39, 0.29) is 12.1 Å². The van der Waals surface area contributed by atoms with Crippen LogP contribution in [-0.4, -0.2) is 4.98 Å². The fourth-order valence-corrected chi connectivity index (χ4v) is 0.954. The maximum atomic E-state index is 13.0. The molecule has 1 aromatic heterocycles. The highest BCUT2D eigenvalue weighted by atomic mass is 19.1. The Bertz CT molecular complexity index is 416. The SMILES string of the molecule is N#CC[C@@H](N)c1cnc(C#N)c(F)c1. The van der Waals surface area contributed by atoms with Crippen molar-refractivity contribution in [1.82, 2.24) is 4.98 Å². The summed E-state index contributed by atoms with van der Waals surface area (Å²) < 4.78 is 13.0. The first-order valence-corrected chi connectivity index (χ1v) is 3.87. The molecule has 0 saturated carbocycles. The molecule has 0 saturated heterocycles. The topological polar surface area (TPSA) is 86.5 Å². The largest absolute Gasteiger partial charge is 0.323 e. The first-order chi connectivity index (χ1) is 6.69. The van der Waals surface area contributed by atoms with Gasteiger partial charge < -0.3 is 5.73 Å². The minimum absolute atomic E-state index is 0.0903. The molecular formula is C9H7FN4. The van der Waals surface area contributed by atoms with Crippen molar-refractivity contribution in [2.45, 2.75) is 12.5 Å². The van der Waals surface area contributed by atoms with E-state index in [2.05, 4.69) is 4.98 Å². The molecule has 14 heavy (non-hydrogen) atoms. The van der Waals surface area contributed by atoms with Crippen molar-refractivity contribution in [3.63, 3.8) is 0 Å². The molecule has 1 rings (SSSR count). The van der Waals surface area contributed by atoms with Crippen LogP contribution in [0.2, 0.25) is 0 Å². The summed E-state index contributed by atoms with van der Waals surface area (Å²) in [5, 5.41) is 16.8. The van der Waals surface area contributed by atoms with Crippen LogP contribution >= 0.6 is 0 Å². The third kappa shape index (κ3) is 2.03. The van der Waals surface area contributed by atoms with Crippen molar-refractivity contribution in [3.05, 3.63) is 29.3 Å². The number of nitrogens with two attached hydrogens (primary N) is 1. The third-order valence-electron chi connectivity index (χ3n) is 1.71. The molecule has 0 unspecified atom stereocenters. The number of nitriles is 2. The monoisotopic (exact) mass is 190 g/mol. The van der Waals surface area contributed by atoms with Gasteiger partial charge in [0.05, 0.1) is 12.5 Å². The van der Waals surface area contributed by atoms with E-state index in [4.69, 9.17) is 16.3 Å². The summed E-state index contributed by atoms with van der Waals surface area (Å²) in [7, 11) is 0. The number of hydrogen-bond donors (Lipinski definition) is 1. The Morgan fingerprint density at radius 1 is 1.57 bits per heavy atom. The van der Waals surface area contributed by atoms with Crippen LogP contribution in [0.25, 0.3) is 0 Å². The normalized spacial score (nSPS) is 11.4. The summed E-state index contributed by atoms with van der Waals surface area (Å²) in [4.78, 5) is 3.57. The number of aromatic nitrogens is 1. The molecule has 1 heterocycles. The molecule has 5 heteroatoms. The number of pyridine rings is 1. The smallest absolute Gasteiger partial charge is 0.176 e. The summed E-state index contributed by atoms with van der Waals surface area (Å²) in [6.45, 7) is 0. The van der Waals surface area contributed by atoms with Crippen LogP contribution in [0, 0.1) is 28.5 Å². The highest BCUT2D eigenvalue weighted by Gasteiger charge is 2.09. The molecule has 1 aromatic rings. The maximum Gasteiger partial charge on any atom is 0.176 e. The first-order valence-electron chi connectivity index (χ1n) is 3.87. The Labute approximate surface area is 80.4 Å². The van der Waals surface area contributed by atoms with E-state index >= 15 is 0 Å². The van der Waals surface area contributed by atoms with Crippen molar-refractivity contribution < 1.29 is 4.39 Å². The summed E-state index contributed by atoms with van der Waals surface area (Å²) in [5.74, 6) is -0.710. The van der Waals surface area contributed by atoms with Crippen LogP contribution in [-0.2, 0) is 0 Å². The number of halogens is 1. The highest BCUT2D eigenvalue weighted by Crippen LogP contribution is 2.14. The highest BCUT2D eigenvalue weighted by molar-refractivity contribution is 5.27. The van der Waals surface area contributed by atoms with Crippen molar-refractivity contribution in [2.24, 2.45) is 5.73 Å². The molecule has 0 aliphatic heterocycles. The molecule has 0 amide bonds. The van der Waals surface area contributed by atoms with Gasteiger partial charge in [-0.3, -0.25) is 0 Å². The second-order valence-electron chi connectivity index (χ2n) is 2.68. The van der Waals surface area contributed by atoms with Gasteiger partial charge in [-0.15, -0.1) is 0 Å². The molecule has 2 N–H and O–H groups in total. The van der Waals surface area contributed by atoms with Gasteiger partial charge in [0.1, 0.15) is 6.07 Å². The van der Waals surface area contributed by atoms with E-state index in [0.29, 0.717) is 5.56 Å². The molecule has 70 valence electrons. The zero-order valence-corrected chi connectivity index (χ0v) is 7.24. The van der Waals surface area contributed by atoms with Crippen molar-refractivity contribution >= 4 is 0 Å². The van der Waals surface area contributed by atoms with E-state index in [1.165, 1.54) is 6.20 Å². The predicted octanol–water partition coefficient (Wildman–Crippen LogP) is 1.01. The van der Waals surface area contributed by atoms with Gasteiger partial charge in [-0.2, -0.15) is 10.5 Å². The van der Waals surface area contributed by atoms with Gasteiger partial charge in [0, 0.05) is 12.2 Å². The van der Waals surface area contributed by atoms with E-state index in [1.807, 2.05) is 6.07 Å². The Morgan fingerprint density at radius 3 is 2.79 bits per heavy atom. The molecular weight excluding hydrogens is 183 g/mol. The lowest BCUT2D eigenvalue weighted by Crippen LogP contribution is -2.10. The van der Waals surface area contributed by atoms with Crippen LogP contribution in [0.3, 0.4) is 0 Å². The van der Waals surface area contributed by atoms with E-state index < -0.39 is 11.9 Å². The first kappa shape index (κ1) is 10.1. The maximum absolute atomic E-state index is 13.0. The van der Waals surface area contributed by atoms with Gasteiger partial charge in [0.25, 0.3) is 0 Å². The Balaban J connectivity index is 2.99. The van der Waals surface area contributed by atoms with Gasteiger partial charge in [-0.1, -0.05) is 0 Å². The molecule has 0 bridgehead atoms. The molecule has 4 nitrogen and oxygen atoms in total. The molecule has 0 aromatic carbocycles. The van der Waals surface area contributed by atoms with E-state index in [0.717, 1.165) is 6.07 Å². The van der Waals surface area contributed by atoms with Crippen molar-refractivity contribution in [3.8, 4) is 12.1 Å². The van der Waals surface area contributed by atoms with E-state index in [1.54, 1.807) is 6.07 Å².